The molecule has 6 heteroatoms. The molecule has 0 bridgehead atoms. The molecule has 0 aliphatic carbocycles. The number of hydrogen-bond acceptors (Lipinski definition) is 5. The first-order valence-electron chi connectivity index (χ1n) is 7.72. The van der Waals surface area contributed by atoms with Gasteiger partial charge in [0.2, 0.25) is 11.8 Å². The first-order valence-corrected chi connectivity index (χ1v) is 8.60. The van der Waals surface area contributed by atoms with Crippen LogP contribution >= 0.6 is 11.3 Å². The molecule has 2 aromatic heterocycles. The van der Waals surface area contributed by atoms with E-state index in [1.54, 1.807) is 11.3 Å². The average Bonchev–Trinajstić information content (AvgIpc) is 3.17. The summed E-state index contributed by atoms with van der Waals surface area (Å²) >= 11 is 1.68. The van der Waals surface area contributed by atoms with E-state index in [-0.39, 0.29) is 11.9 Å². The van der Waals surface area contributed by atoms with Crippen LogP contribution in [0.5, 0.6) is 0 Å². The van der Waals surface area contributed by atoms with Gasteiger partial charge in [0.25, 0.3) is 0 Å². The van der Waals surface area contributed by atoms with E-state index < -0.39 is 0 Å². The number of aryl methyl sites for hydroxylation is 2. The van der Waals surface area contributed by atoms with E-state index in [1.807, 2.05) is 23.4 Å². The normalized spacial score (nSPS) is 12.3. The van der Waals surface area contributed by atoms with Gasteiger partial charge in [0.15, 0.2) is 5.82 Å². The van der Waals surface area contributed by atoms with Crippen LogP contribution in [0.4, 0.5) is 0 Å². The third-order valence-electron chi connectivity index (χ3n) is 3.69. The maximum atomic E-state index is 12.2. The Labute approximate surface area is 135 Å². The van der Waals surface area contributed by atoms with Gasteiger partial charge in [0.1, 0.15) is 0 Å². The summed E-state index contributed by atoms with van der Waals surface area (Å²) < 4.78 is 5.18. The molecule has 0 radical (unpaired) electrons. The lowest BCUT2D eigenvalue weighted by Crippen LogP contribution is -2.29. The Bertz CT molecular complexity index is 580. The average molecular weight is 321 g/mol. The van der Waals surface area contributed by atoms with Crippen molar-refractivity contribution >= 4 is 17.2 Å². The number of nitrogens with zero attached hydrogens (tertiary/aromatic N) is 3. The van der Waals surface area contributed by atoms with Gasteiger partial charge in [-0.05, 0) is 31.2 Å². The number of carbonyl (C=O) groups is 1. The van der Waals surface area contributed by atoms with Gasteiger partial charge in [-0.1, -0.05) is 18.1 Å². The number of amides is 1. The van der Waals surface area contributed by atoms with Gasteiger partial charge < -0.3 is 9.42 Å². The largest absolute Gasteiger partial charge is 0.339 e. The van der Waals surface area contributed by atoms with Crippen LogP contribution in [0.2, 0.25) is 0 Å². The minimum Gasteiger partial charge on any atom is -0.339 e. The first kappa shape index (κ1) is 16.7. The highest BCUT2D eigenvalue weighted by molar-refractivity contribution is 7.10. The van der Waals surface area contributed by atoms with Crippen LogP contribution in [0.1, 0.15) is 55.7 Å². The molecule has 0 aromatic carbocycles. The summed E-state index contributed by atoms with van der Waals surface area (Å²) in [6.07, 6.45) is 3.72. The molecule has 2 aromatic rings. The summed E-state index contributed by atoms with van der Waals surface area (Å²) in [4.78, 5) is 19.6. The molecule has 0 spiro atoms. The monoisotopic (exact) mass is 321 g/mol. The van der Waals surface area contributed by atoms with Crippen molar-refractivity contribution in [3.05, 3.63) is 34.1 Å². The van der Waals surface area contributed by atoms with Crippen LogP contribution in [0.3, 0.4) is 0 Å². The Morgan fingerprint density at radius 2 is 2.27 bits per heavy atom. The van der Waals surface area contributed by atoms with E-state index in [2.05, 4.69) is 30.1 Å². The molecule has 22 heavy (non-hydrogen) atoms. The number of thiophene rings is 1. The Balaban J connectivity index is 1.77. The molecule has 1 unspecified atom stereocenters. The molecule has 120 valence electrons. The van der Waals surface area contributed by atoms with Crippen LogP contribution in [0.15, 0.2) is 22.0 Å². The van der Waals surface area contributed by atoms with Crippen LogP contribution in [-0.2, 0) is 17.6 Å². The van der Waals surface area contributed by atoms with Crippen LogP contribution in [0.25, 0.3) is 0 Å². The summed E-state index contributed by atoms with van der Waals surface area (Å²) in [6.45, 7) is 4.14. The molecule has 5 nitrogen and oxygen atoms in total. The van der Waals surface area contributed by atoms with Crippen molar-refractivity contribution in [2.24, 2.45) is 0 Å². The minimum atomic E-state index is 0.118. The molecule has 0 N–H and O–H groups in total. The summed E-state index contributed by atoms with van der Waals surface area (Å²) in [6, 6.07) is 4.19. The minimum absolute atomic E-state index is 0.118. The first-order chi connectivity index (χ1) is 10.6. The highest BCUT2D eigenvalue weighted by Gasteiger charge is 2.18. The second-order valence-electron chi connectivity index (χ2n) is 5.40. The summed E-state index contributed by atoms with van der Waals surface area (Å²) in [5.41, 5.74) is 0. The zero-order chi connectivity index (χ0) is 15.9. The number of rotatable bonds is 8. The van der Waals surface area contributed by atoms with Crippen molar-refractivity contribution in [1.82, 2.24) is 15.0 Å². The topological polar surface area (TPSA) is 59.2 Å². The lowest BCUT2D eigenvalue weighted by atomic mass is 10.2. The maximum absolute atomic E-state index is 12.2. The Kier molecular flexibility index (Phi) is 6.12. The molecular formula is C16H23N3O2S. The summed E-state index contributed by atoms with van der Waals surface area (Å²) in [5, 5.41) is 5.96. The standard InChI is InChI=1S/C16H23N3O2S/c1-4-7-14-17-15(21-18-14)9-5-10-16(20)19(3)12(2)13-8-6-11-22-13/h6,8,11-12H,4-5,7,9-10H2,1-3H3. The van der Waals surface area contributed by atoms with Crippen LogP contribution < -0.4 is 0 Å². The van der Waals surface area contributed by atoms with Crippen molar-refractivity contribution in [3.63, 3.8) is 0 Å². The van der Waals surface area contributed by atoms with Gasteiger partial charge in [-0.2, -0.15) is 4.98 Å². The molecule has 0 aliphatic heterocycles. The second kappa shape index (κ2) is 8.08. The third kappa shape index (κ3) is 4.40. The predicted octanol–water partition coefficient (Wildman–Crippen LogP) is 3.63. The Morgan fingerprint density at radius 3 is 2.95 bits per heavy atom. The number of carbonyl (C=O) groups excluding carboxylic acids is 1. The smallest absolute Gasteiger partial charge is 0.226 e. The molecule has 0 aliphatic rings. The van der Waals surface area contributed by atoms with Gasteiger partial charge in [-0.25, -0.2) is 0 Å². The van der Waals surface area contributed by atoms with E-state index in [9.17, 15) is 4.79 Å². The zero-order valence-electron chi connectivity index (χ0n) is 13.4. The maximum Gasteiger partial charge on any atom is 0.226 e. The zero-order valence-corrected chi connectivity index (χ0v) is 14.2. The number of aromatic nitrogens is 2. The molecule has 2 heterocycles. The van der Waals surface area contributed by atoms with Crippen molar-refractivity contribution in [1.29, 1.82) is 0 Å². The van der Waals surface area contributed by atoms with Crippen molar-refractivity contribution < 1.29 is 9.32 Å². The van der Waals surface area contributed by atoms with Gasteiger partial charge in [-0.3, -0.25) is 4.79 Å². The fraction of sp³-hybridized carbons (Fsp3) is 0.562. The molecule has 2 rings (SSSR count). The fourth-order valence-electron chi connectivity index (χ4n) is 2.22. The van der Waals surface area contributed by atoms with E-state index >= 15 is 0 Å². The van der Waals surface area contributed by atoms with E-state index in [0.29, 0.717) is 18.7 Å². The van der Waals surface area contributed by atoms with Crippen LogP contribution in [0, 0.1) is 0 Å². The quantitative estimate of drug-likeness (QED) is 0.745. The highest BCUT2D eigenvalue weighted by Crippen LogP contribution is 2.24. The molecular weight excluding hydrogens is 298 g/mol. The van der Waals surface area contributed by atoms with Crippen molar-refractivity contribution in [3.8, 4) is 0 Å². The highest BCUT2D eigenvalue weighted by atomic mass is 32.1. The lowest BCUT2D eigenvalue weighted by Gasteiger charge is -2.24. The van der Waals surface area contributed by atoms with Gasteiger partial charge in [-0.15, -0.1) is 11.3 Å². The van der Waals surface area contributed by atoms with Gasteiger partial charge >= 0.3 is 0 Å². The second-order valence-corrected chi connectivity index (χ2v) is 6.38. The Morgan fingerprint density at radius 1 is 1.45 bits per heavy atom. The summed E-state index contributed by atoms with van der Waals surface area (Å²) in [5.74, 6) is 1.53. The van der Waals surface area contributed by atoms with E-state index in [4.69, 9.17) is 4.52 Å². The van der Waals surface area contributed by atoms with E-state index in [1.165, 1.54) is 4.88 Å². The molecule has 1 amide bonds. The fourth-order valence-corrected chi connectivity index (χ4v) is 3.05. The molecule has 0 saturated heterocycles. The molecule has 0 saturated carbocycles. The third-order valence-corrected chi connectivity index (χ3v) is 4.74. The van der Waals surface area contributed by atoms with Crippen molar-refractivity contribution in [2.75, 3.05) is 7.05 Å². The lowest BCUT2D eigenvalue weighted by molar-refractivity contribution is -0.131. The van der Waals surface area contributed by atoms with Crippen LogP contribution in [-0.4, -0.2) is 28.0 Å². The predicted molar refractivity (Wildman–Crippen MR) is 86.7 cm³/mol. The van der Waals surface area contributed by atoms with E-state index in [0.717, 1.165) is 25.1 Å². The van der Waals surface area contributed by atoms with Gasteiger partial charge in [0.05, 0.1) is 6.04 Å². The Hall–Kier alpha value is -1.69. The SMILES string of the molecule is CCCc1noc(CCCC(=O)N(C)C(C)c2cccs2)n1. The van der Waals surface area contributed by atoms with Crippen molar-refractivity contribution in [2.45, 2.75) is 52.0 Å². The molecule has 1 atom stereocenters. The van der Waals surface area contributed by atoms with Gasteiger partial charge in [0, 0.05) is 31.2 Å². The summed E-state index contributed by atoms with van der Waals surface area (Å²) in [7, 11) is 1.86. The molecule has 0 fully saturated rings. The number of hydrogen-bond donors (Lipinski definition) is 0.